The zero-order chi connectivity index (χ0) is 19.7. The first-order valence-corrected chi connectivity index (χ1v) is 10.7. The van der Waals surface area contributed by atoms with Crippen LogP contribution in [0.2, 0.25) is 0 Å². The van der Waals surface area contributed by atoms with Crippen LogP contribution in [0.4, 0.5) is 5.69 Å². The van der Waals surface area contributed by atoms with Crippen molar-refractivity contribution in [3.8, 4) is 11.5 Å². The highest BCUT2D eigenvalue weighted by atomic mass is 16.5. The monoisotopic (exact) mass is 383 g/mol. The van der Waals surface area contributed by atoms with Gasteiger partial charge in [0.05, 0.1) is 19.2 Å². The number of likely N-dealkylation sites (tertiary alicyclic amines) is 1. The summed E-state index contributed by atoms with van der Waals surface area (Å²) in [7, 11) is 3.71. The average Bonchev–Trinajstić information content (AvgIpc) is 3.34. The second-order valence-electron chi connectivity index (χ2n) is 8.42. The van der Waals surface area contributed by atoms with E-state index >= 15 is 0 Å². The van der Waals surface area contributed by atoms with Crippen LogP contribution in [-0.2, 0) is 12.8 Å². The van der Waals surface area contributed by atoms with Crippen molar-refractivity contribution in [3.63, 3.8) is 0 Å². The molecule has 152 valence electrons. The van der Waals surface area contributed by atoms with Crippen LogP contribution in [0.1, 0.15) is 44.4 Å². The van der Waals surface area contributed by atoms with E-state index < -0.39 is 0 Å². The van der Waals surface area contributed by atoms with Crippen LogP contribution in [0, 0.1) is 5.92 Å². The summed E-state index contributed by atoms with van der Waals surface area (Å²) < 4.78 is 11.8. The highest BCUT2D eigenvalue weighted by Gasteiger charge is 2.25. The van der Waals surface area contributed by atoms with Gasteiger partial charge >= 0.3 is 0 Å². The maximum Gasteiger partial charge on any atom is 0.163 e. The molecule has 1 fully saturated rings. The van der Waals surface area contributed by atoms with Gasteiger partial charge in [-0.1, -0.05) is 6.92 Å². The van der Waals surface area contributed by atoms with Gasteiger partial charge in [-0.25, -0.2) is 0 Å². The van der Waals surface area contributed by atoms with Crippen LogP contribution in [-0.4, -0.2) is 49.8 Å². The lowest BCUT2D eigenvalue weighted by Gasteiger charge is -2.23. The van der Waals surface area contributed by atoms with Gasteiger partial charge in [-0.05, 0) is 69.7 Å². The third kappa shape index (κ3) is 3.64. The zero-order valence-electron chi connectivity index (χ0n) is 17.7. The first kappa shape index (κ1) is 19.3. The molecule has 1 aliphatic heterocycles. The van der Waals surface area contributed by atoms with Crippen molar-refractivity contribution in [2.24, 2.45) is 5.92 Å². The van der Waals surface area contributed by atoms with E-state index in [0.717, 1.165) is 41.7 Å². The third-order valence-corrected chi connectivity index (χ3v) is 6.36. The Kier molecular flexibility index (Phi) is 5.63. The molecule has 4 rings (SSSR count). The number of pyridine rings is 1. The number of benzene rings is 1. The van der Waals surface area contributed by atoms with Gasteiger partial charge in [-0.15, -0.1) is 0 Å². The van der Waals surface area contributed by atoms with Crippen molar-refractivity contribution in [1.29, 1.82) is 0 Å². The number of nitrogens with one attached hydrogen (secondary N) is 1. The number of rotatable bonds is 7. The van der Waals surface area contributed by atoms with E-state index in [1.54, 1.807) is 7.11 Å². The molecule has 2 aromatic rings. The Morgan fingerprint density at radius 3 is 2.71 bits per heavy atom. The number of ether oxygens (including phenoxy) is 2. The zero-order valence-corrected chi connectivity index (χ0v) is 17.7. The Morgan fingerprint density at radius 1 is 1.21 bits per heavy atom. The van der Waals surface area contributed by atoms with Crippen molar-refractivity contribution < 1.29 is 9.47 Å². The molecule has 1 aromatic carbocycles. The van der Waals surface area contributed by atoms with Gasteiger partial charge in [0.1, 0.15) is 0 Å². The molecule has 0 bridgehead atoms. The summed E-state index contributed by atoms with van der Waals surface area (Å²) in [6.45, 7) is 7.74. The quantitative estimate of drug-likeness (QED) is 0.773. The van der Waals surface area contributed by atoms with Gasteiger partial charge in [0.2, 0.25) is 0 Å². The lowest BCUT2D eigenvalue weighted by Crippen LogP contribution is -2.31. The number of anilines is 1. The van der Waals surface area contributed by atoms with Crippen LogP contribution < -0.4 is 14.8 Å². The minimum atomic E-state index is 0.563. The molecule has 1 saturated heterocycles. The summed E-state index contributed by atoms with van der Waals surface area (Å²) in [6, 6.07) is 4.70. The Hall–Kier alpha value is -2.01. The van der Waals surface area contributed by atoms with Gasteiger partial charge in [0.25, 0.3) is 0 Å². The average molecular weight is 384 g/mol. The fourth-order valence-corrected chi connectivity index (χ4v) is 4.76. The van der Waals surface area contributed by atoms with Crippen molar-refractivity contribution in [3.05, 3.63) is 23.4 Å². The topological polar surface area (TPSA) is 46.6 Å². The number of fused-ring (bicyclic) bond motifs is 2. The van der Waals surface area contributed by atoms with Gasteiger partial charge in [-0.3, -0.25) is 4.98 Å². The van der Waals surface area contributed by atoms with Crippen LogP contribution in [0.5, 0.6) is 11.5 Å². The molecular weight excluding hydrogens is 350 g/mol. The summed E-state index contributed by atoms with van der Waals surface area (Å²) in [5, 5.41) is 4.52. The molecule has 2 heterocycles. The first-order chi connectivity index (χ1) is 13.6. The Bertz CT molecular complexity index is 846. The van der Waals surface area contributed by atoms with Crippen LogP contribution in [0.3, 0.4) is 0 Å². The molecule has 1 aromatic heterocycles. The van der Waals surface area contributed by atoms with E-state index in [1.165, 1.54) is 42.9 Å². The predicted molar refractivity (Wildman–Crippen MR) is 115 cm³/mol. The molecule has 0 saturated carbocycles. The molecular formula is C23H33N3O2. The number of hydrogen-bond donors (Lipinski definition) is 1. The summed E-state index contributed by atoms with van der Waals surface area (Å²) >= 11 is 0. The second kappa shape index (κ2) is 8.16. The van der Waals surface area contributed by atoms with E-state index in [-0.39, 0.29) is 0 Å². The predicted octanol–water partition coefficient (Wildman–Crippen LogP) is 4.27. The maximum absolute atomic E-state index is 6.17. The van der Waals surface area contributed by atoms with Crippen LogP contribution in [0.25, 0.3) is 10.9 Å². The van der Waals surface area contributed by atoms with E-state index in [1.807, 2.05) is 7.05 Å². The molecule has 2 atom stereocenters. The molecule has 5 nitrogen and oxygen atoms in total. The molecule has 1 N–H and O–H groups in total. The molecule has 0 spiro atoms. The number of aromatic nitrogens is 1. The minimum Gasteiger partial charge on any atom is -0.493 e. The summed E-state index contributed by atoms with van der Waals surface area (Å²) in [4.78, 5) is 7.53. The fourth-order valence-electron chi connectivity index (χ4n) is 4.76. The van der Waals surface area contributed by atoms with Gasteiger partial charge in [0, 0.05) is 35.9 Å². The van der Waals surface area contributed by atoms with Gasteiger partial charge in [-0.2, -0.15) is 0 Å². The number of nitrogens with zero attached hydrogens (tertiary/aromatic N) is 2. The van der Waals surface area contributed by atoms with Gasteiger partial charge < -0.3 is 19.7 Å². The second-order valence-corrected chi connectivity index (χ2v) is 8.42. The summed E-state index contributed by atoms with van der Waals surface area (Å²) in [6.07, 6.45) is 5.81. The van der Waals surface area contributed by atoms with Crippen molar-refractivity contribution >= 4 is 16.6 Å². The van der Waals surface area contributed by atoms with Crippen LogP contribution in [0.15, 0.2) is 12.1 Å². The van der Waals surface area contributed by atoms with E-state index in [9.17, 15) is 0 Å². The lowest BCUT2D eigenvalue weighted by molar-refractivity contribution is 0.202. The maximum atomic E-state index is 6.17. The normalized spacial score (nSPS) is 20.4. The molecule has 1 aliphatic carbocycles. The van der Waals surface area contributed by atoms with Crippen LogP contribution >= 0.6 is 0 Å². The third-order valence-electron chi connectivity index (χ3n) is 6.36. The molecule has 0 radical (unpaired) electrons. The summed E-state index contributed by atoms with van der Waals surface area (Å²) in [5.41, 5.74) is 4.76. The lowest BCUT2D eigenvalue weighted by atomic mass is 10.1. The minimum absolute atomic E-state index is 0.563. The molecule has 2 unspecified atom stereocenters. The standard InChI is InChI=1S/C23H33N3O2/c1-15-11-17-19(12-15)25-20-14-22(21(27-4)13-18(20)23(17)24-3)28-10-7-16(2)26-8-5-6-9-26/h13-16H,5-12H2,1-4H3,(H,24,25). The fraction of sp³-hybridized carbons (Fsp3) is 0.609. The Balaban J connectivity index is 1.57. The summed E-state index contributed by atoms with van der Waals surface area (Å²) in [5.74, 6) is 2.23. The van der Waals surface area contributed by atoms with Gasteiger partial charge in [0.15, 0.2) is 11.5 Å². The smallest absolute Gasteiger partial charge is 0.163 e. The number of methoxy groups -OCH3 is 1. The molecule has 28 heavy (non-hydrogen) atoms. The SMILES string of the molecule is CNc1c2c(nc3cc(OCCC(C)N4CCCC4)c(OC)cc13)CC(C)C2. The number of hydrogen-bond acceptors (Lipinski definition) is 5. The van der Waals surface area contributed by atoms with Crippen molar-refractivity contribution in [1.82, 2.24) is 9.88 Å². The van der Waals surface area contributed by atoms with E-state index in [0.29, 0.717) is 18.6 Å². The Labute approximate surface area is 168 Å². The van der Waals surface area contributed by atoms with E-state index in [4.69, 9.17) is 14.5 Å². The molecule has 5 heteroatoms. The van der Waals surface area contributed by atoms with Crippen molar-refractivity contribution in [2.75, 3.05) is 39.2 Å². The molecule has 2 aliphatic rings. The largest absolute Gasteiger partial charge is 0.493 e. The van der Waals surface area contributed by atoms with Crippen molar-refractivity contribution in [2.45, 2.75) is 52.0 Å². The highest BCUT2D eigenvalue weighted by Crippen LogP contribution is 2.40. The first-order valence-electron chi connectivity index (χ1n) is 10.7. The Morgan fingerprint density at radius 2 is 2.00 bits per heavy atom. The van der Waals surface area contributed by atoms with E-state index in [2.05, 4.69) is 36.2 Å². The highest BCUT2D eigenvalue weighted by molar-refractivity contribution is 5.95. The molecule has 0 amide bonds.